The van der Waals surface area contributed by atoms with E-state index in [1.54, 1.807) is 0 Å². The molecule has 1 atom stereocenters. The number of hydrogen-bond acceptors (Lipinski definition) is 0. The molecule has 1 aromatic carbocycles. The molecule has 0 aromatic heterocycles. The Bertz CT molecular complexity index is 345. The van der Waals surface area contributed by atoms with Crippen molar-refractivity contribution in [2.24, 2.45) is 0 Å². The third kappa shape index (κ3) is 1.45. The van der Waals surface area contributed by atoms with Crippen LogP contribution in [-0.2, 0) is 5.11 Å². The lowest BCUT2D eigenvalue weighted by Gasteiger charge is -2.08. The van der Waals surface area contributed by atoms with E-state index in [-0.39, 0.29) is 0 Å². The van der Waals surface area contributed by atoms with Crippen LogP contribution in [0.25, 0.3) is 0 Å². The van der Waals surface area contributed by atoms with Crippen LogP contribution < -0.4 is 0 Å². The topological polar surface area (TPSA) is 19.9 Å². The molecule has 1 unspecified atom stereocenters. The van der Waals surface area contributed by atoms with Crippen molar-refractivity contribution in [3.8, 4) is 0 Å². The summed E-state index contributed by atoms with van der Waals surface area (Å²) >= 11 is 0. The molecular weight excluding hydrogens is 207 g/mol. The first-order chi connectivity index (χ1) is 6.37. The first-order valence-electron chi connectivity index (χ1n) is 3.55. The molecule has 0 aliphatic carbocycles. The molecule has 0 saturated heterocycles. The van der Waals surface area contributed by atoms with Gasteiger partial charge in [-0.1, -0.05) is 0 Å². The highest BCUT2D eigenvalue weighted by Crippen LogP contribution is 2.27. The van der Waals surface area contributed by atoms with Crippen molar-refractivity contribution in [3.63, 3.8) is 0 Å². The van der Waals surface area contributed by atoms with Gasteiger partial charge in [0.15, 0.2) is 23.3 Å². The third-order valence-electron chi connectivity index (χ3n) is 1.65. The molecule has 0 aliphatic rings. The second kappa shape index (κ2) is 3.53. The molecule has 0 bridgehead atoms. The molecule has 0 saturated carbocycles. The molecular formula is C8H4F5O. The average Bonchev–Trinajstić information content (AvgIpc) is 2.11. The van der Waals surface area contributed by atoms with Crippen molar-refractivity contribution in [1.29, 1.82) is 0 Å². The average molecular weight is 211 g/mol. The van der Waals surface area contributed by atoms with Crippen LogP contribution in [0.4, 0.5) is 22.0 Å². The summed E-state index contributed by atoms with van der Waals surface area (Å²) in [5, 5.41) is 10.7. The number of hydrogen-bond donors (Lipinski definition) is 0. The highest BCUT2D eigenvalue weighted by atomic mass is 19.2. The minimum Gasteiger partial charge on any atom is -0.228 e. The van der Waals surface area contributed by atoms with Gasteiger partial charge in [0.1, 0.15) is 6.10 Å². The Hall–Kier alpha value is -1.17. The fourth-order valence-corrected chi connectivity index (χ4v) is 0.979. The van der Waals surface area contributed by atoms with Gasteiger partial charge >= 0.3 is 0 Å². The van der Waals surface area contributed by atoms with E-state index < -0.39 is 40.8 Å². The summed E-state index contributed by atoms with van der Waals surface area (Å²) < 4.78 is 62.8. The lowest BCUT2D eigenvalue weighted by atomic mass is 10.1. The molecule has 0 aliphatic heterocycles. The van der Waals surface area contributed by atoms with Crippen molar-refractivity contribution in [1.82, 2.24) is 0 Å². The van der Waals surface area contributed by atoms with Gasteiger partial charge in [0, 0.05) is 0 Å². The van der Waals surface area contributed by atoms with Crippen LogP contribution in [0.15, 0.2) is 0 Å². The van der Waals surface area contributed by atoms with Crippen LogP contribution in [-0.4, -0.2) is 0 Å². The highest BCUT2D eigenvalue weighted by Gasteiger charge is 2.28. The van der Waals surface area contributed by atoms with Crippen LogP contribution in [0.3, 0.4) is 0 Å². The zero-order valence-electron chi connectivity index (χ0n) is 6.88. The Morgan fingerprint density at radius 3 is 1.36 bits per heavy atom. The normalized spacial score (nSPS) is 13.1. The molecule has 1 rings (SSSR count). The monoisotopic (exact) mass is 211 g/mol. The van der Waals surface area contributed by atoms with Gasteiger partial charge < -0.3 is 0 Å². The van der Waals surface area contributed by atoms with E-state index >= 15 is 0 Å². The Labute approximate surface area is 75.8 Å². The molecule has 14 heavy (non-hydrogen) atoms. The Kier molecular flexibility index (Phi) is 2.75. The Morgan fingerprint density at radius 1 is 0.786 bits per heavy atom. The fourth-order valence-electron chi connectivity index (χ4n) is 0.979. The fraction of sp³-hybridized carbons (Fsp3) is 0.250. The first kappa shape index (κ1) is 10.9. The van der Waals surface area contributed by atoms with E-state index in [2.05, 4.69) is 0 Å². The van der Waals surface area contributed by atoms with Gasteiger partial charge in [-0.05, 0) is 6.92 Å². The van der Waals surface area contributed by atoms with E-state index in [1.165, 1.54) is 0 Å². The van der Waals surface area contributed by atoms with Gasteiger partial charge in [0.2, 0.25) is 5.82 Å². The van der Waals surface area contributed by atoms with E-state index in [0.29, 0.717) is 0 Å². The summed E-state index contributed by atoms with van der Waals surface area (Å²) in [5.41, 5.74) is -1.33. The summed E-state index contributed by atoms with van der Waals surface area (Å²) in [4.78, 5) is 0. The molecule has 6 heteroatoms. The van der Waals surface area contributed by atoms with Crippen molar-refractivity contribution < 1.29 is 27.1 Å². The minimum atomic E-state index is -2.26. The number of halogens is 5. The second-order valence-electron chi connectivity index (χ2n) is 2.63. The quantitative estimate of drug-likeness (QED) is 0.386. The van der Waals surface area contributed by atoms with Gasteiger partial charge in [-0.25, -0.2) is 27.1 Å². The van der Waals surface area contributed by atoms with Crippen molar-refractivity contribution in [2.75, 3.05) is 0 Å². The zero-order valence-corrected chi connectivity index (χ0v) is 6.88. The van der Waals surface area contributed by atoms with Crippen LogP contribution in [0.1, 0.15) is 18.6 Å². The second-order valence-corrected chi connectivity index (χ2v) is 2.63. The standard InChI is InChI=1S/C8H4F5O/c1-2(14)3-4(9)6(11)8(13)7(12)5(3)10/h2H,1H3. The number of benzene rings is 1. The molecule has 1 radical (unpaired) electrons. The Morgan fingerprint density at radius 2 is 1.07 bits per heavy atom. The van der Waals surface area contributed by atoms with Gasteiger partial charge in [-0.3, -0.25) is 0 Å². The molecule has 1 aromatic rings. The summed E-state index contributed by atoms with van der Waals surface area (Å²) in [7, 11) is 0. The van der Waals surface area contributed by atoms with Crippen LogP contribution in [0.5, 0.6) is 0 Å². The van der Waals surface area contributed by atoms with Gasteiger partial charge in [0.25, 0.3) is 0 Å². The maximum absolute atomic E-state index is 12.7. The number of rotatable bonds is 1. The molecule has 1 nitrogen and oxygen atoms in total. The molecule has 0 spiro atoms. The summed E-state index contributed by atoms with van der Waals surface area (Å²) in [6.07, 6.45) is -2.01. The van der Waals surface area contributed by atoms with E-state index in [4.69, 9.17) is 0 Å². The van der Waals surface area contributed by atoms with Crippen molar-refractivity contribution >= 4 is 0 Å². The predicted octanol–water partition coefficient (Wildman–Crippen LogP) is 2.87. The first-order valence-corrected chi connectivity index (χ1v) is 3.55. The van der Waals surface area contributed by atoms with Crippen molar-refractivity contribution in [3.05, 3.63) is 34.6 Å². The van der Waals surface area contributed by atoms with Crippen LogP contribution in [0, 0.1) is 29.1 Å². The van der Waals surface area contributed by atoms with Crippen molar-refractivity contribution in [2.45, 2.75) is 13.0 Å². The summed E-state index contributed by atoms with van der Waals surface area (Å²) in [6, 6.07) is 0. The van der Waals surface area contributed by atoms with Gasteiger partial charge in [-0.2, -0.15) is 0 Å². The molecule has 0 amide bonds. The molecule has 77 valence electrons. The lowest BCUT2D eigenvalue weighted by molar-refractivity contribution is 0.0967. The maximum atomic E-state index is 12.7. The highest BCUT2D eigenvalue weighted by molar-refractivity contribution is 5.25. The third-order valence-corrected chi connectivity index (χ3v) is 1.65. The van der Waals surface area contributed by atoms with Crippen LogP contribution >= 0.6 is 0 Å². The largest absolute Gasteiger partial charge is 0.228 e. The van der Waals surface area contributed by atoms with E-state index in [0.717, 1.165) is 6.92 Å². The van der Waals surface area contributed by atoms with Crippen LogP contribution in [0.2, 0.25) is 0 Å². The van der Waals surface area contributed by atoms with E-state index in [9.17, 15) is 27.1 Å². The zero-order chi connectivity index (χ0) is 11.0. The molecule has 0 fully saturated rings. The van der Waals surface area contributed by atoms with Gasteiger partial charge in [0.05, 0.1) is 5.56 Å². The van der Waals surface area contributed by atoms with Gasteiger partial charge in [-0.15, -0.1) is 0 Å². The summed E-state index contributed by atoms with van der Waals surface area (Å²) in [5.74, 6) is -10.6. The molecule has 0 heterocycles. The smallest absolute Gasteiger partial charge is 0.200 e. The SMILES string of the molecule is CC([O])c1c(F)c(F)c(F)c(F)c1F. The lowest BCUT2D eigenvalue weighted by Crippen LogP contribution is -2.08. The summed E-state index contributed by atoms with van der Waals surface area (Å²) in [6.45, 7) is 0.790. The maximum Gasteiger partial charge on any atom is 0.200 e. The predicted molar refractivity (Wildman–Crippen MR) is 35.3 cm³/mol. The van der Waals surface area contributed by atoms with E-state index in [1.807, 2.05) is 0 Å². The molecule has 0 N–H and O–H groups in total. The minimum absolute atomic E-state index is 0.790. The Balaban J connectivity index is 3.60.